The Hall–Kier alpha value is -1.69. The lowest BCUT2D eigenvalue weighted by atomic mass is 10.1. The molecule has 2 aliphatic heterocycles. The number of likely N-dealkylation sites (tertiary alicyclic amines) is 1. The zero-order valence-electron chi connectivity index (χ0n) is 19.5. The fraction of sp³-hybridized carbons (Fsp3) is 0.500. The van der Waals surface area contributed by atoms with Gasteiger partial charge >= 0.3 is 0 Å². The molecular weight excluding hydrogens is 438 g/mol. The Bertz CT molecular complexity index is 916. The SMILES string of the molecule is CC[C@@H](C)CCNC(=O)c1ccc2c(c1)N([C@H](C)CN1CCCC1)c1ccccc1S2.Cl. The molecule has 2 aromatic rings. The van der Waals surface area contributed by atoms with E-state index in [-0.39, 0.29) is 18.3 Å². The highest BCUT2D eigenvalue weighted by molar-refractivity contribution is 7.99. The number of amides is 1. The molecular formula is C26H36ClN3OS. The van der Waals surface area contributed by atoms with Crippen molar-refractivity contribution in [2.45, 2.75) is 62.3 Å². The Morgan fingerprint density at radius 2 is 1.78 bits per heavy atom. The van der Waals surface area contributed by atoms with Crippen LogP contribution in [0.5, 0.6) is 0 Å². The Balaban J connectivity index is 0.00000289. The molecule has 2 aromatic carbocycles. The fourth-order valence-corrected chi connectivity index (χ4v) is 5.61. The lowest BCUT2D eigenvalue weighted by Crippen LogP contribution is -2.40. The van der Waals surface area contributed by atoms with Crippen LogP contribution >= 0.6 is 24.2 Å². The summed E-state index contributed by atoms with van der Waals surface area (Å²) in [6, 6.07) is 15.2. The van der Waals surface area contributed by atoms with E-state index in [2.05, 4.69) is 72.3 Å². The van der Waals surface area contributed by atoms with Gasteiger partial charge in [0.25, 0.3) is 5.91 Å². The number of nitrogens with one attached hydrogen (secondary N) is 1. The zero-order valence-corrected chi connectivity index (χ0v) is 21.1. The highest BCUT2D eigenvalue weighted by atomic mass is 35.5. The lowest BCUT2D eigenvalue weighted by Gasteiger charge is -2.39. The minimum absolute atomic E-state index is 0. The predicted octanol–water partition coefficient (Wildman–Crippen LogP) is 6.36. The van der Waals surface area contributed by atoms with E-state index in [1.54, 1.807) is 11.8 Å². The van der Waals surface area contributed by atoms with E-state index in [9.17, 15) is 4.79 Å². The first-order valence-corrected chi connectivity index (χ1v) is 12.6. The van der Waals surface area contributed by atoms with Gasteiger partial charge in [-0.15, -0.1) is 12.4 Å². The summed E-state index contributed by atoms with van der Waals surface area (Å²) in [6.45, 7) is 10.9. The molecule has 2 atom stereocenters. The van der Waals surface area contributed by atoms with Gasteiger partial charge < -0.3 is 15.1 Å². The van der Waals surface area contributed by atoms with E-state index in [1.807, 2.05) is 6.07 Å². The van der Waals surface area contributed by atoms with Gasteiger partial charge in [0.1, 0.15) is 0 Å². The van der Waals surface area contributed by atoms with Gasteiger partial charge in [-0.25, -0.2) is 0 Å². The summed E-state index contributed by atoms with van der Waals surface area (Å²) in [5.41, 5.74) is 3.16. The predicted molar refractivity (Wildman–Crippen MR) is 138 cm³/mol. The molecule has 4 nitrogen and oxygen atoms in total. The number of rotatable bonds is 8. The van der Waals surface area contributed by atoms with Crippen LogP contribution < -0.4 is 10.2 Å². The molecule has 174 valence electrons. The minimum atomic E-state index is 0. The van der Waals surface area contributed by atoms with Gasteiger partial charge in [0.15, 0.2) is 0 Å². The molecule has 0 bridgehead atoms. The van der Waals surface area contributed by atoms with E-state index in [0.717, 1.165) is 37.2 Å². The van der Waals surface area contributed by atoms with Crippen LogP contribution in [0.2, 0.25) is 0 Å². The number of hydrogen-bond acceptors (Lipinski definition) is 4. The van der Waals surface area contributed by atoms with Crippen LogP contribution in [0.3, 0.4) is 0 Å². The summed E-state index contributed by atoms with van der Waals surface area (Å²) in [5.74, 6) is 0.667. The largest absolute Gasteiger partial charge is 0.352 e. The summed E-state index contributed by atoms with van der Waals surface area (Å²) in [7, 11) is 0. The van der Waals surface area contributed by atoms with Crippen molar-refractivity contribution < 1.29 is 4.79 Å². The van der Waals surface area contributed by atoms with E-state index in [1.165, 1.54) is 41.4 Å². The van der Waals surface area contributed by atoms with Crippen LogP contribution in [0, 0.1) is 5.92 Å². The van der Waals surface area contributed by atoms with Crippen LogP contribution in [-0.2, 0) is 0 Å². The number of anilines is 2. The highest BCUT2D eigenvalue weighted by Gasteiger charge is 2.29. The molecule has 2 aliphatic rings. The minimum Gasteiger partial charge on any atom is -0.352 e. The first-order valence-electron chi connectivity index (χ1n) is 11.8. The molecule has 0 saturated carbocycles. The second kappa shape index (κ2) is 11.4. The van der Waals surface area contributed by atoms with Gasteiger partial charge in [-0.1, -0.05) is 44.2 Å². The molecule has 6 heteroatoms. The standard InChI is InChI=1S/C26H35N3OS.ClH/c1-4-19(2)13-14-27-26(30)21-11-12-25-23(17-21)29(20(3)18-28-15-7-8-16-28)22-9-5-6-10-24(22)31-25;/h5-6,9-12,17,19-20H,4,7-8,13-16,18H2,1-3H3,(H,27,30);1H/t19-,20-;/m1./s1. The van der Waals surface area contributed by atoms with Crippen LogP contribution in [0.15, 0.2) is 52.3 Å². The first-order chi connectivity index (χ1) is 15.1. The van der Waals surface area contributed by atoms with Crippen molar-refractivity contribution in [1.29, 1.82) is 0 Å². The Morgan fingerprint density at radius 1 is 1.06 bits per heavy atom. The summed E-state index contributed by atoms with van der Waals surface area (Å²) < 4.78 is 0. The number of fused-ring (bicyclic) bond motifs is 2. The van der Waals surface area contributed by atoms with Gasteiger partial charge in [-0.05, 0) is 75.5 Å². The molecule has 0 unspecified atom stereocenters. The summed E-state index contributed by atoms with van der Waals surface area (Å²) in [6.07, 6.45) is 4.78. The topological polar surface area (TPSA) is 35.6 Å². The maximum atomic E-state index is 12.9. The van der Waals surface area contributed by atoms with Gasteiger partial charge in [-0.2, -0.15) is 0 Å². The Kier molecular flexibility index (Phi) is 8.92. The van der Waals surface area contributed by atoms with E-state index in [4.69, 9.17) is 0 Å². The summed E-state index contributed by atoms with van der Waals surface area (Å²) in [5, 5.41) is 3.12. The van der Waals surface area contributed by atoms with Crippen LogP contribution in [-0.4, -0.2) is 43.0 Å². The fourth-order valence-electron chi connectivity index (χ4n) is 4.56. The van der Waals surface area contributed by atoms with Gasteiger partial charge in [0, 0.05) is 34.5 Å². The summed E-state index contributed by atoms with van der Waals surface area (Å²) in [4.78, 5) is 20.4. The van der Waals surface area contributed by atoms with E-state index < -0.39 is 0 Å². The van der Waals surface area contributed by atoms with Gasteiger partial charge in [-0.3, -0.25) is 4.79 Å². The maximum Gasteiger partial charge on any atom is 0.251 e. The van der Waals surface area contributed by atoms with Gasteiger partial charge in [0.2, 0.25) is 0 Å². The van der Waals surface area contributed by atoms with Crippen molar-refractivity contribution >= 4 is 41.5 Å². The van der Waals surface area contributed by atoms with Crippen LogP contribution in [0.25, 0.3) is 0 Å². The quantitative estimate of drug-likeness (QED) is 0.483. The molecule has 32 heavy (non-hydrogen) atoms. The molecule has 0 aromatic heterocycles. The third kappa shape index (κ3) is 5.62. The highest BCUT2D eigenvalue weighted by Crippen LogP contribution is 2.49. The molecule has 1 N–H and O–H groups in total. The third-order valence-electron chi connectivity index (χ3n) is 6.61. The number of carbonyl (C=O) groups is 1. The normalized spacial score (nSPS) is 17.2. The van der Waals surface area contributed by atoms with Crippen molar-refractivity contribution in [3.63, 3.8) is 0 Å². The van der Waals surface area contributed by atoms with Crippen molar-refractivity contribution in [3.05, 3.63) is 48.0 Å². The number of benzene rings is 2. The number of hydrogen-bond donors (Lipinski definition) is 1. The Labute approximate surface area is 203 Å². The molecule has 1 fully saturated rings. The maximum absolute atomic E-state index is 12.9. The molecule has 0 aliphatic carbocycles. The van der Waals surface area contributed by atoms with Gasteiger partial charge in [0.05, 0.1) is 11.4 Å². The van der Waals surface area contributed by atoms with Crippen molar-refractivity contribution in [1.82, 2.24) is 10.2 Å². The average Bonchev–Trinajstić information content (AvgIpc) is 3.29. The molecule has 0 radical (unpaired) electrons. The monoisotopic (exact) mass is 473 g/mol. The van der Waals surface area contributed by atoms with Crippen molar-refractivity contribution in [2.75, 3.05) is 31.1 Å². The van der Waals surface area contributed by atoms with Crippen molar-refractivity contribution in [2.24, 2.45) is 5.92 Å². The summed E-state index contributed by atoms with van der Waals surface area (Å²) >= 11 is 1.80. The number of halogens is 1. The zero-order chi connectivity index (χ0) is 21.8. The third-order valence-corrected chi connectivity index (χ3v) is 7.74. The molecule has 1 saturated heterocycles. The van der Waals surface area contributed by atoms with Crippen LogP contribution in [0.1, 0.15) is 56.8 Å². The van der Waals surface area contributed by atoms with E-state index in [0.29, 0.717) is 12.0 Å². The second-order valence-electron chi connectivity index (χ2n) is 9.04. The molecule has 4 rings (SSSR count). The number of para-hydroxylation sites is 1. The Morgan fingerprint density at radius 3 is 2.53 bits per heavy atom. The van der Waals surface area contributed by atoms with Crippen LogP contribution in [0.4, 0.5) is 11.4 Å². The lowest BCUT2D eigenvalue weighted by molar-refractivity contribution is 0.0951. The first kappa shape index (κ1) is 24.9. The molecule has 2 heterocycles. The smallest absolute Gasteiger partial charge is 0.251 e. The molecule has 0 spiro atoms. The van der Waals surface area contributed by atoms with Crippen molar-refractivity contribution in [3.8, 4) is 0 Å². The number of nitrogens with zero attached hydrogens (tertiary/aromatic N) is 2. The average molecular weight is 474 g/mol. The number of carbonyl (C=O) groups excluding carboxylic acids is 1. The van der Waals surface area contributed by atoms with E-state index >= 15 is 0 Å². The second-order valence-corrected chi connectivity index (χ2v) is 10.1. The molecule has 1 amide bonds.